The molecule has 0 aromatic heterocycles. The molecule has 1 nitrogen and oxygen atoms in total. The summed E-state index contributed by atoms with van der Waals surface area (Å²) in [6, 6.07) is 0. The Morgan fingerprint density at radius 2 is 0.412 bits per heavy atom. The second-order valence-electron chi connectivity index (χ2n) is 1.48. The van der Waals surface area contributed by atoms with E-state index in [1.165, 1.54) is 7.05 Å². The molecule has 0 aromatic rings. The molecule has 0 saturated heterocycles. The fraction of sp³-hybridized carbons (Fsp3) is 1.00. The van der Waals surface area contributed by atoms with E-state index in [4.69, 9.17) is 0 Å². The van der Waals surface area contributed by atoms with Gasteiger partial charge in [0, 0.05) is 0 Å². The van der Waals surface area contributed by atoms with Crippen LogP contribution in [-0.4, -0.2) is 28.8 Å². The van der Waals surface area contributed by atoms with Gasteiger partial charge in [-0.15, -0.1) is 0 Å². The van der Waals surface area contributed by atoms with Gasteiger partial charge in [0.2, 0.25) is 0 Å². The third-order valence-corrected chi connectivity index (χ3v) is 0. The SMILES string of the molecule is CN.F[B-](F)(F)F.F[B-](F)(F)F.F[B-](F)(F)F. The largest absolute Gasteiger partial charge is 0.673 e. The minimum Gasteiger partial charge on any atom is -0.418 e. The van der Waals surface area contributed by atoms with Crippen molar-refractivity contribution < 1.29 is 51.8 Å². The van der Waals surface area contributed by atoms with E-state index in [1.54, 1.807) is 0 Å². The Labute approximate surface area is 87.6 Å². The summed E-state index contributed by atoms with van der Waals surface area (Å²) >= 11 is 0. The molecule has 0 fully saturated rings. The fourth-order valence-electron chi connectivity index (χ4n) is 0. The second kappa shape index (κ2) is 10.5. The van der Waals surface area contributed by atoms with Crippen molar-refractivity contribution in [1.82, 2.24) is 0 Å². The van der Waals surface area contributed by atoms with Crippen molar-refractivity contribution >= 4 is 21.8 Å². The van der Waals surface area contributed by atoms with E-state index in [0.29, 0.717) is 0 Å². The summed E-state index contributed by atoms with van der Waals surface area (Å²) in [6.45, 7) is 0. The lowest BCUT2D eigenvalue weighted by Crippen LogP contribution is -2.02. The second-order valence-corrected chi connectivity index (χ2v) is 1.48. The van der Waals surface area contributed by atoms with Gasteiger partial charge in [-0.05, 0) is 7.05 Å². The van der Waals surface area contributed by atoms with Gasteiger partial charge in [0.15, 0.2) is 0 Å². The van der Waals surface area contributed by atoms with Crippen molar-refractivity contribution in [3.8, 4) is 0 Å². The fourth-order valence-corrected chi connectivity index (χ4v) is 0. The number of rotatable bonds is 0. The van der Waals surface area contributed by atoms with Crippen molar-refractivity contribution in [2.24, 2.45) is 5.73 Å². The summed E-state index contributed by atoms with van der Waals surface area (Å²) in [6.07, 6.45) is 0. The zero-order valence-corrected chi connectivity index (χ0v) is 7.84. The highest BCUT2D eigenvalue weighted by atomic mass is 19.5. The highest BCUT2D eigenvalue weighted by Gasteiger charge is 2.21. The van der Waals surface area contributed by atoms with Gasteiger partial charge < -0.3 is 57.5 Å². The number of hydrogen-bond acceptors (Lipinski definition) is 1. The summed E-state index contributed by atoms with van der Waals surface area (Å²) < 4.78 is 117. The van der Waals surface area contributed by atoms with E-state index in [1.807, 2.05) is 0 Å². The average molecular weight is 291 g/mol. The third kappa shape index (κ3) is 5780. The molecule has 0 radical (unpaired) electrons. The maximum atomic E-state index is 9.75. The molecule has 0 atom stereocenters. The quantitative estimate of drug-likeness (QED) is 0.537. The molecule has 110 valence electrons. The molecule has 0 spiro atoms. The van der Waals surface area contributed by atoms with E-state index in [2.05, 4.69) is 5.73 Å². The zero-order valence-electron chi connectivity index (χ0n) is 7.84. The predicted octanol–water partition coefficient (Wildman–Crippen LogP) is 3.47. The number of halogens is 12. The molecular formula is CH5B3F12N-3. The Morgan fingerprint density at radius 1 is 0.412 bits per heavy atom. The van der Waals surface area contributed by atoms with Crippen LogP contribution in [0.4, 0.5) is 51.8 Å². The summed E-state index contributed by atoms with van der Waals surface area (Å²) in [5.74, 6) is 0. The van der Waals surface area contributed by atoms with Gasteiger partial charge >= 0.3 is 21.8 Å². The molecule has 0 aromatic carbocycles. The van der Waals surface area contributed by atoms with Crippen molar-refractivity contribution in [3.63, 3.8) is 0 Å². The van der Waals surface area contributed by atoms with Gasteiger partial charge in [-0.1, -0.05) is 0 Å². The minimum atomic E-state index is -6.00. The lowest BCUT2D eigenvalue weighted by Gasteiger charge is -1.94. The molecule has 0 bridgehead atoms. The van der Waals surface area contributed by atoms with Crippen LogP contribution in [0.15, 0.2) is 0 Å². The van der Waals surface area contributed by atoms with Crippen LogP contribution in [0.25, 0.3) is 0 Å². The van der Waals surface area contributed by atoms with Crippen molar-refractivity contribution in [2.75, 3.05) is 7.05 Å². The standard InChI is InChI=1S/CH5N.3BF4/c1-2;3*2-1(3,4)5/h2H2,1H3;;;/q;3*-1. The summed E-state index contributed by atoms with van der Waals surface area (Å²) in [4.78, 5) is 0. The van der Waals surface area contributed by atoms with Gasteiger partial charge in [0.25, 0.3) is 0 Å². The smallest absolute Gasteiger partial charge is 0.418 e. The van der Waals surface area contributed by atoms with E-state index >= 15 is 0 Å². The van der Waals surface area contributed by atoms with E-state index in [9.17, 15) is 51.8 Å². The Morgan fingerprint density at radius 3 is 0.412 bits per heavy atom. The van der Waals surface area contributed by atoms with Crippen LogP contribution in [0.2, 0.25) is 0 Å². The highest BCUT2D eigenvalue weighted by molar-refractivity contribution is 6.50. The molecule has 2 N–H and O–H groups in total. The van der Waals surface area contributed by atoms with Crippen LogP contribution in [0.1, 0.15) is 0 Å². The Balaban J connectivity index is -0.0000000693. The maximum Gasteiger partial charge on any atom is 0.673 e. The van der Waals surface area contributed by atoms with E-state index in [-0.39, 0.29) is 0 Å². The van der Waals surface area contributed by atoms with Crippen LogP contribution in [0.3, 0.4) is 0 Å². The van der Waals surface area contributed by atoms with Crippen LogP contribution >= 0.6 is 0 Å². The minimum absolute atomic E-state index is 1.50. The monoisotopic (exact) mass is 292 g/mol. The van der Waals surface area contributed by atoms with Crippen molar-refractivity contribution in [2.45, 2.75) is 0 Å². The van der Waals surface area contributed by atoms with Gasteiger partial charge in [-0.3, -0.25) is 0 Å². The zero-order chi connectivity index (χ0) is 15.5. The first-order valence-corrected chi connectivity index (χ1v) is 3.20. The summed E-state index contributed by atoms with van der Waals surface area (Å²) in [5, 5.41) is 0. The molecule has 0 rings (SSSR count). The van der Waals surface area contributed by atoms with Crippen LogP contribution in [-0.2, 0) is 0 Å². The molecule has 16 heteroatoms. The van der Waals surface area contributed by atoms with E-state index in [0.717, 1.165) is 0 Å². The van der Waals surface area contributed by atoms with Crippen molar-refractivity contribution in [3.05, 3.63) is 0 Å². The first kappa shape index (κ1) is 25.2. The molecule has 0 unspecified atom stereocenters. The molecule has 0 aliphatic rings. The Kier molecular flexibility index (Phi) is 15.5. The Bertz CT molecular complexity index is 96.8. The molecule has 0 aliphatic heterocycles. The number of nitrogens with two attached hydrogens (primary N) is 1. The normalized spacial score (nSPS) is 10.9. The lowest BCUT2D eigenvalue weighted by atomic mass is 10.3. The average Bonchev–Trinajstić information content (AvgIpc) is 1.77. The Hall–Kier alpha value is -0.685. The van der Waals surface area contributed by atoms with Crippen LogP contribution in [0, 0.1) is 0 Å². The van der Waals surface area contributed by atoms with Crippen LogP contribution in [0.5, 0.6) is 0 Å². The topological polar surface area (TPSA) is 26.0 Å². The molecule has 0 aliphatic carbocycles. The summed E-state index contributed by atoms with van der Waals surface area (Å²) in [7, 11) is -16.5. The van der Waals surface area contributed by atoms with E-state index < -0.39 is 21.8 Å². The molecule has 0 heterocycles. The van der Waals surface area contributed by atoms with Gasteiger partial charge in [0.05, 0.1) is 0 Å². The molecular weight excluding hydrogens is 286 g/mol. The van der Waals surface area contributed by atoms with Crippen LogP contribution < -0.4 is 5.73 Å². The maximum absolute atomic E-state index is 9.75. The van der Waals surface area contributed by atoms with Gasteiger partial charge in [-0.25, -0.2) is 0 Å². The molecule has 0 saturated carbocycles. The first-order valence-electron chi connectivity index (χ1n) is 3.20. The molecule has 17 heavy (non-hydrogen) atoms. The third-order valence-electron chi connectivity index (χ3n) is 0. The summed E-state index contributed by atoms with van der Waals surface area (Å²) in [5.41, 5.74) is 4.50. The lowest BCUT2D eigenvalue weighted by molar-refractivity contribution is 0.366. The first-order chi connectivity index (χ1) is 7.00. The highest BCUT2D eigenvalue weighted by Crippen LogP contribution is 2.07. The van der Waals surface area contributed by atoms with Gasteiger partial charge in [0.1, 0.15) is 0 Å². The van der Waals surface area contributed by atoms with Gasteiger partial charge in [-0.2, -0.15) is 0 Å². The molecule has 0 amide bonds. The predicted molar refractivity (Wildman–Crippen MR) is 40.7 cm³/mol. The van der Waals surface area contributed by atoms with Crippen molar-refractivity contribution in [1.29, 1.82) is 0 Å². The number of hydrogen-bond donors (Lipinski definition) is 1.